The van der Waals surface area contributed by atoms with Crippen molar-refractivity contribution >= 4 is 18.3 Å². The number of aromatic nitrogens is 2. The van der Waals surface area contributed by atoms with Crippen LogP contribution in [0.3, 0.4) is 0 Å². The third kappa shape index (κ3) is 3.55. The number of aryl methyl sites for hydroxylation is 1. The molecule has 1 unspecified atom stereocenters. The van der Waals surface area contributed by atoms with E-state index < -0.39 is 0 Å². The minimum absolute atomic E-state index is 0. The molecule has 134 valence electrons. The summed E-state index contributed by atoms with van der Waals surface area (Å²) in [4.78, 5) is 12.8. The summed E-state index contributed by atoms with van der Waals surface area (Å²) in [6.07, 6.45) is 3.03. The maximum Gasteiger partial charge on any atom is 0.272 e. The third-order valence-electron chi connectivity index (χ3n) is 4.94. The number of hydrogen-bond acceptors (Lipinski definition) is 3. The molecule has 0 saturated heterocycles. The van der Waals surface area contributed by atoms with Crippen LogP contribution in [0.25, 0.3) is 0 Å². The predicted octanol–water partition coefficient (Wildman–Crippen LogP) is 2.81. The second-order valence-corrected chi connectivity index (χ2v) is 6.75. The van der Waals surface area contributed by atoms with E-state index in [9.17, 15) is 9.18 Å². The van der Waals surface area contributed by atoms with Gasteiger partial charge in [-0.05, 0) is 42.9 Å². The Hall–Kier alpha value is -1.92. The number of halogens is 2. The molecule has 1 aromatic heterocycles. The molecule has 1 saturated carbocycles. The van der Waals surface area contributed by atoms with Crippen molar-refractivity contribution in [1.82, 2.24) is 20.8 Å². The summed E-state index contributed by atoms with van der Waals surface area (Å²) in [5.41, 5.74) is 4.05. The maximum atomic E-state index is 13.5. The first-order chi connectivity index (χ1) is 11.6. The molecule has 1 aromatic carbocycles. The monoisotopic (exact) mass is 364 g/mol. The van der Waals surface area contributed by atoms with Gasteiger partial charge in [-0.15, -0.1) is 12.4 Å². The van der Waals surface area contributed by atoms with Crippen LogP contribution in [0.4, 0.5) is 4.39 Å². The summed E-state index contributed by atoms with van der Waals surface area (Å²) in [6.45, 7) is 3.31. The molecule has 1 fully saturated rings. The lowest BCUT2D eigenvalue weighted by atomic mass is 9.99. The first kappa shape index (κ1) is 17.9. The number of carbonyl (C=O) groups is 1. The smallest absolute Gasteiger partial charge is 0.272 e. The Labute approximate surface area is 152 Å². The Morgan fingerprint density at radius 2 is 2.20 bits per heavy atom. The largest absolute Gasteiger partial charge is 0.344 e. The van der Waals surface area contributed by atoms with Gasteiger partial charge in [0.1, 0.15) is 5.82 Å². The number of hydrogen-bond donors (Lipinski definition) is 3. The van der Waals surface area contributed by atoms with E-state index in [0.717, 1.165) is 42.6 Å². The van der Waals surface area contributed by atoms with Gasteiger partial charge < -0.3 is 10.6 Å². The zero-order chi connectivity index (χ0) is 16.7. The highest BCUT2D eigenvalue weighted by Gasteiger charge is 2.35. The van der Waals surface area contributed by atoms with Gasteiger partial charge in [0.25, 0.3) is 5.91 Å². The molecule has 4 rings (SSSR count). The Morgan fingerprint density at radius 1 is 1.40 bits per heavy atom. The molecule has 7 heteroatoms. The molecule has 2 aliphatic rings. The number of benzene rings is 1. The molecule has 0 spiro atoms. The molecule has 3 N–H and O–H groups in total. The molecule has 5 nitrogen and oxygen atoms in total. The Bertz CT molecular complexity index is 787. The highest BCUT2D eigenvalue weighted by molar-refractivity contribution is 5.94. The van der Waals surface area contributed by atoms with Gasteiger partial charge in [0.2, 0.25) is 0 Å². The first-order valence-corrected chi connectivity index (χ1v) is 8.47. The molecule has 2 aromatic rings. The van der Waals surface area contributed by atoms with Gasteiger partial charge in [0.15, 0.2) is 5.69 Å². The van der Waals surface area contributed by atoms with Crippen molar-refractivity contribution in [1.29, 1.82) is 0 Å². The molecule has 1 amide bonds. The summed E-state index contributed by atoms with van der Waals surface area (Å²) in [5, 5.41) is 13.6. The summed E-state index contributed by atoms with van der Waals surface area (Å²) in [6, 6.07) is 5.00. The highest BCUT2D eigenvalue weighted by atomic mass is 35.5. The van der Waals surface area contributed by atoms with Crippen LogP contribution in [0, 0.1) is 18.7 Å². The summed E-state index contributed by atoms with van der Waals surface area (Å²) in [5.74, 6) is 0.0499. The number of rotatable bonds is 4. The fourth-order valence-corrected chi connectivity index (χ4v) is 3.39. The fourth-order valence-electron chi connectivity index (χ4n) is 3.39. The number of amides is 1. The van der Waals surface area contributed by atoms with Crippen molar-refractivity contribution in [3.63, 3.8) is 0 Å². The van der Waals surface area contributed by atoms with Crippen LogP contribution < -0.4 is 10.6 Å². The van der Waals surface area contributed by atoms with E-state index in [1.54, 1.807) is 13.0 Å². The van der Waals surface area contributed by atoms with Gasteiger partial charge in [0, 0.05) is 30.8 Å². The number of aromatic amines is 1. The minimum Gasteiger partial charge on any atom is -0.344 e. The van der Waals surface area contributed by atoms with Crippen molar-refractivity contribution in [2.75, 3.05) is 6.54 Å². The number of fused-ring (bicyclic) bond motifs is 1. The predicted molar refractivity (Wildman–Crippen MR) is 95.3 cm³/mol. The van der Waals surface area contributed by atoms with Crippen molar-refractivity contribution in [3.8, 4) is 0 Å². The maximum absolute atomic E-state index is 13.5. The number of H-pyrrole nitrogens is 1. The molecule has 2 heterocycles. The first-order valence-electron chi connectivity index (χ1n) is 8.47. The third-order valence-corrected chi connectivity index (χ3v) is 4.94. The van der Waals surface area contributed by atoms with Crippen molar-refractivity contribution in [2.24, 2.45) is 5.92 Å². The standard InChI is InChI=1S/C18H21FN4O.ClH/c1-10-8-12(4-5-14(10)19)16(11-2-3-11)21-18(24)17-13-9-20-7-6-15(13)22-23-17;/h4-5,8,11,16,20H,2-3,6-7,9H2,1H3,(H,21,24)(H,22,23);1H. The van der Waals surface area contributed by atoms with Crippen LogP contribution in [0.5, 0.6) is 0 Å². The second-order valence-electron chi connectivity index (χ2n) is 6.75. The molecule has 25 heavy (non-hydrogen) atoms. The molecule has 1 atom stereocenters. The Kier molecular flexibility index (Phi) is 5.11. The van der Waals surface area contributed by atoms with Crippen molar-refractivity contribution < 1.29 is 9.18 Å². The highest BCUT2D eigenvalue weighted by Crippen LogP contribution is 2.41. The van der Waals surface area contributed by atoms with Crippen LogP contribution in [-0.4, -0.2) is 22.6 Å². The van der Waals surface area contributed by atoms with Crippen LogP contribution >= 0.6 is 12.4 Å². The average Bonchev–Trinajstić information content (AvgIpc) is 3.33. The molecular weight excluding hydrogens is 343 g/mol. The lowest BCUT2D eigenvalue weighted by Crippen LogP contribution is -2.32. The second kappa shape index (κ2) is 7.14. The summed E-state index contributed by atoms with van der Waals surface area (Å²) in [7, 11) is 0. The molecule has 1 aliphatic carbocycles. The average molecular weight is 365 g/mol. The lowest BCUT2D eigenvalue weighted by Gasteiger charge is -2.20. The van der Waals surface area contributed by atoms with Crippen LogP contribution in [-0.2, 0) is 13.0 Å². The van der Waals surface area contributed by atoms with Crippen LogP contribution in [0.15, 0.2) is 18.2 Å². The van der Waals surface area contributed by atoms with Gasteiger partial charge in [0.05, 0.1) is 6.04 Å². The molecule has 0 bridgehead atoms. The van der Waals surface area contributed by atoms with E-state index in [1.165, 1.54) is 6.07 Å². The quantitative estimate of drug-likeness (QED) is 0.781. The Morgan fingerprint density at radius 3 is 2.92 bits per heavy atom. The zero-order valence-corrected chi connectivity index (χ0v) is 14.9. The van der Waals surface area contributed by atoms with E-state index in [0.29, 0.717) is 23.7 Å². The Balaban J connectivity index is 0.00000182. The molecular formula is C18H22ClFN4O. The van der Waals surface area contributed by atoms with E-state index >= 15 is 0 Å². The fraction of sp³-hybridized carbons (Fsp3) is 0.444. The van der Waals surface area contributed by atoms with Gasteiger partial charge >= 0.3 is 0 Å². The van der Waals surface area contributed by atoms with Gasteiger partial charge in [-0.3, -0.25) is 9.89 Å². The van der Waals surface area contributed by atoms with Gasteiger partial charge in [-0.25, -0.2) is 4.39 Å². The molecule has 0 radical (unpaired) electrons. The van der Waals surface area contributed by atoms with E-state index in [-0.39, 0.29) is 30.2 Å². The van der Waals surface area contributed by atoms with E-state index in [1.807, 2.05) is 6.07 Å². The van der Waals surface area contributed by atoms with Crippen molar-refractivity contribution in [3.05, 3.63) is 52.1 Å². The molecule has 1 aliphatic heterocycles. The van der Waals surface area contributed by atoms with Crippen molar-refractivity contribution in [2.45, 2.75) is 38.8 Å². The topological polar surface area (TPSA) is 69.8 Å². The van der Waals surface area contributed by atoms with E-state index in [4.69, 9.17) is 0 Å². The van der Waals surface area contributed by atoms with Crippen LogP contribution in [0.1, 0.15) is 51.8 Å². The zero-order valence-electron chi connectivity index (χ0n) is 14.1. The van der Waals surface area contributed by atoms with Crippen LogP contribution in [0.2, 0.25) is 0 Å². The van der Waals surface area contributed by atoms with Gasteiger partial charge in [-0.1, -0.05) is 12.1 Å². The summed E-state index contributed by atoms with van der Waals surface area (Å²) < 4.78 is 13.5. The SMILES string of the molecule is Cc1cc(C(NC(=O)c2n[nH]c3c2CNCC3)C2CC2)ccc1F.Cl. The minimum atomic E-state index is -0.216. The lowest BCUT2D eigenvalue weighted by molar-refractivity contribution is 0.0925. The normalized spacial score (nSPS) is 17.4. The van der Waals surface area contributed by atoms with E-state index in [2.05, 4.69) is 20.8 Å². The number of carbonyl (C=O) groups excluding carboxylic acids is 1. The number of nitrogens with one attached hydrogen (secondary N) is 3. The number of nitrogens with zero attached hydrogens (tertiary/aromatic N) is 1. The van der Waals surface area contributed by atoms with Gasteiger partial charge in [-0.2, -0.15) is 5.10 Å². The summed E-state index contributed by atoms with van der Waals surface area (Å²) >= 11 is 0.